The standard InChI is InChI=1S/C24H20N4O8/c1-34-19-11-12-21(35-2)20(13-19)26-22(29)23(30)27-25-14-15-3-9-18(10-4-15)36-24(31)16-5-7-17(8-6-16)28(32)33/h3-14H,1-2H3,(H,26,29)(H,27,30). The van der Waals surface area contributed by atoms with E-state index in [1.807, 2.05) is 0 Å². The van der Waals surface area contributed by atoms with E-state index < -0.39 is 22.7 Å². The van der Waals surface area contributed by atoms with Gasteiger partial charge in [-0.15, -0.1) is 0 Å². The number of hydrogen-bond acceptors (Lipinski definition) is 9. The zero-order valence-electron chi connectivity index (χ0n) is 19.1. The molecule has 0 fully saturated rings. The largest absolute Gasteiger partial charge is 0.497 e. The lowest BCUT2D eigenvalue weighted by atomic mass is 10.2. The maximum absolute atomic E-state index is 12.2. The molecule has 36 heavy (non-hydrogen) atoms. The molecule has 12 heteroatoms. The zero-order valence-corrected chi connectivity index (χ0v) is 19.1. The number of anilines is 1. The van der Waals surface area contributed by atoms with Gasteiger partial charge in [0.2, 0.25) is 0 Å². The second kappa shape index (κ2) is 11.7. The summed E-state index contributed by atoms with van der Waals surface area (Å²) in [6.45, 7) is 0. The van der Waals surface area contributed by atoms with Gasteiger partial charge < -0.3 is 19.5 Å². The molecule has 0 atom stereocenters. The van der Waals surface area contributed by atoms with E-state index in [4.69, 9.17) is 14.2 Å². The smallest absolute Gasteiger partial charge is 0.343 e. The van der Waals surface area contributed by atoms with Gasteiger partial charge in [0, 0.05) is 18.2 Å². The van der Waals surface area contributed by atoms with Crippen molar-refractivity contribution < 1.29 is 33.5 Å². The van der Waals surface area contributed by atoms with Crippen molar-refractivity contribution >= 4 is 35.4 Å². The van der Waals surface area contributed by atoms with E-state index >= 15 is 0 Å². The second-order valence-corrected chi connectivity index (χ2v) is 6.98. The Balaban J connectivity index is 1.53. The third-order valence-electron chi connectivity index (χ3n) is 4.65. The summed E-state index contributed by atoms with van der Waals surface area (Å²) in [4.78, 5) is 46.5. The van der Waals surface area contributed by atoms with E-state index in [0.717, 1.165) is 0 Å². The highest BCUT2D eigenvalue weighted by Crippen LogP contribution is 2.28. The van der Waals surface area contributed by atoms with Crippen molar-refractivity contribution in [2.24, 2.45) is 5.10 Å². The first kappa shape index (κ1) is 25.4. The Hall–Kier alpha value is -5.26. The SMILES string of the molecule is COc1ccc(OC)c(NC(=O)C(=O)NN=Cc2ccc(OC(=O)c3ccc([N+](=O)[O-])cc3)cc2)c1. The second-order valence-electron chi connectivity index (χ2n) is 6.98. The molecule has 3 rings (SSSR count). The summed E-state index contributed by atoms with van der Waals surface area (Å²) in [5.74, 6) is -1.62. The molecule has 0 aliphatic rings. The fourth-order valence-electron chi connectivity index (χ4n) is 2.81. The molecule has 0 saturated heterocycles. The maximum Gasteiger partial charge on any atom is 0.343 e. The van der Waals surface area contributed by atoms with Crippen LogP contribution in [0.2, 0.25) is 0 Å². The van der Waals surface area contributed by atoms with Gasteiger partial charge in [-0.1, -0.05) is 0 Å². The van der Waals surface area contributed by atoms with Crippen LogP contribution < -0.4 is 25.0 Å². The van der Waals surface area contributed by atoms with Gasteiger partial charge >= 0.3 is 17.8 Å². The van der Waals surface area contributed by atoms with Crippen LogP contribution in [-0.2, 0) is 9.59 Å². The summed E-state index contributed by atoms with van der Waals surface area (Å²) in [5, 5.41) is 16.9. The molecule has 0 aliphatic carbocycles. The highest BCUT2D eigenvalue weighted by atomic mass is 16.6. The molecule has 0 unspecified atom stereocenters. The molecule has 0 saturated carbocycles. The minimum atomic E-state index is -1.01. The van der Waals surface area contributed by atoms with Gasteiger partial charge in [0.25, 0.3) is 5.69 Å². The average molecular weight is 492 g/mol. The first-order chi connectivity index (χ1) is 17.3. The number of ether oxygens (including phenoxy) is 3. The first-order valence-corrected chi connectivity index (χ1v) is 10.2. The topological polar surface area (TPSA) is 158 Å². The van der Waals surface area contributed by atoms with E-state index in [9.17, 15) is 24.5 Å². The molecule has 0 aliphatic heterocycles. The lowest BCUT2D eigenvalue weighted by Crippen LogP contribution is -2.32. The number of esters is 1. The molecule has 12 nitrogen and oxygen atoms in total. The molecule has 3 aromatic rings. The Labute approximate surface area is 204 Å². The number of methoxy groups -OCH3 is 2. The average Bonchev–Trinajstić information content (AvgIpc) is 2.89. The Morgan fingerprint density at radius 2 is 1.56 bits per heavy atom. The number of carbonyl (C=O) groups is 3. The van der Waals surface area contributed by atoms with Crippen LogP contribution in [0, 0.1) is 10.1 Å². The van der Waals surface area contributed by atoms with Gasteiger partial charge in [0.15, 0.2) is 0 Å². The highest BCUT2D eigenvalue weighted by Gasteiger charge is 2.16. The van der Waals surface area contributed by atoms with Gasteiger partial charge in [-0.2, -0.15) is 5.10 Å². The fourth-order valence-corrected chi connectivity index (χ4v) is 2.81. The Kier molecular flexibility index (Phi) is 8.27. The molecule has 0 radical (unpaired) electrons. The fraction of sp³-hybridized carbons (Fsp3) is 0.0833. The number of amides is 2. The Bertz CT molecular complexity index is 1300. The van der Waals surface area contributed by atoms with E-state index in [1.54, 1.807) is 24.3 Å². The summed E-state index contributed by atoms with van der Waals surface area (Å²) < 4.78 is 15.5. The van der Waals surface area contributed by atoms with Crippen molar-refractivity contribution in [2.45, 2.75) is 0 Å². The number of nitro groups is 1. The van der Waals surface area contributed by atoms with E-state index in [1.165, 1.54) is 62.9 Å². The molecule has 0 aromatic heterocycles. The predicted molar refractivity (Wildman–Crippen MR) is 128 cm³/mol. The summed E-state index contributed by atoms with van der Waals surface area (Å²) in [7, 11) is 2.88. The molecular weight excluding hydrogens is 472 g/mol. The quantitative estimate of drug-likeness (QED) is 0.121. The van der Waals surface area contributed by atoms with Crippen molar-refractivity contribution in [1.29, 1.82) is 0 Å². The number of carbonyl (C=O) groups excluding carboxylic acids is 3. The van der Waals surface area contributed by atoms with Crippen LogP contribution in [0.25, 0.3) is 0 Å². The van der Waals surface area contributed by atoms with Crippen LogP contribution in [0.5, 0.6) is 17.2 Å². The normalized spacial score (nSPS) is 10.4. The van der Waals surface area contributed by atoms with Crippen molar-refractivity contribution in [3.8, 4) is 17.2 Å². The van der Waals surface area contributed by atoms with Crippen LogP contribution in [-0.4, -0.2) is 43.1 Å². The third kappa shape index (κ3) is 6.63. The maximum atomic E-state index is 12.2. The predicted octanol–water partition coefficient (Wildman–Crippen LogP) is 2.92. The van der Waals surface area contributed by atoms with Gasteiger partial charge in [-0.3, -0.25) is 19.7 Å². The van der Waals surface area contributed by atoms with Crippen LogP contribution in [0.1, 0.15) is 15.9 Å². The van der Waals surface area contributed by atoms with Gasteiger partial charge in [-0.25, -0.2) is 10.2 Å². The van der Waals surface area contributed by atoms with Crippen LogP contribution in [0.4, 0.5) is 11.4 Å². The molecule has 3 aromatic carbocycles. The molecule has 184 valence electrons. The number of nitrogens with one attached hydrogen (secondary N) is 2. The number of benzene rings is 3. The minimum Gasteiger partial charge on any atom is -0.497 e. The summed E-state index contributed by atoms with van der Waals surface area (Å²) in [6.07, 6.45) is 1.29. The number of nitrogens with zero attached hydrogens (tertiary/aromatic N) is 2. The number of nitro benzene ring substituents is 1. The minimum absolute atomic E-state index is 0.139. The monoisotopic (exact) mass is 492 g/mol. The van der Waals surface area contributed by atoms with Crippen LogP contribution in [0.15, 0.2) is 71.8 Å². The summed E-state index contributed by atoms with van der Waals surface area (Å²) in [5.41, 5.74) is 2.92. The van der Waals surface area contributed by atoms with Gasteiger partial charge in [0.05, 0.1) is 36.6 Å². The van der Waals surface area contributed by atoms with Gasteiger partial charge in [-0.05, 0) is 54.1 Å². The molecular formula is C24H20N4O8. The van der Waals surface area contributed by atoms with Crippen LogP contribution in [0.3, 0.4) is 0 Å². The van der Waals surface area contributed by atoms with Crippen molar-refractivity contribution in [3.05, 3.63) is 88.0 Å². The highest BCUT2D eigenvalue weighted by molar-refractivity contribution is 6.39. The zero-order chi connectivity index (χ0) is 26.1. The lowest BCUT2D eigenvalue weighted by Gasteiger charge is -2.11. The Morgan fingerprint density at radius 1 is 0.889 bits per heavy atom. The molecule has 0 bridgehead atoms. The third-order valence-corrected chi connectivity index (χ3v) is 4.65. The number of hydrogen-bond donors (Lipinski definition) is 2. The van der Waals surface area contributed by atoms with E-state index in [2.05, 4.69) is 15.8 Å². The first-order valence-electron chi connectivity index (χ1n) is 10.2. The van der Waals surface area contributed by atoms with E-state index in [0.29, 0.717) is 17.1 Å². The van der Waals surface area contributed by atoms with Crippen LogP contribution >= 0.6 is 0 Å². The molecule has 2 amide bonds. The summed E-state index contributed by atoms with van der Waals surface area (Å²) in [6, 6.07) is 15.8. The Morgan fingerprint density at radius 3 is 2.17 bits per heavy atom. The van der Waals surface area contributed by atoms with E-state index in [-0.39, 0.29) is 22.7 Å². The number of rotatable bonds is 8. The lowest BCUT2D eigenvalue weighted by molar-refractivity contribution is -0.384. The van der Waals surface area contributed by atoms with Crippen molar-refractivity contribution in [3.63, 3.8) is 0 Å². The number of hydrazone groups is 1. The van der Waals surface area contributed by atoms with Crippen molar-refractivity contribution in [2.75, 3.05) is 19.5 Å². The molecule has 0 heterocycles. The number of non-ortho nitro benzene ring substituents is 1. The van der Waals surface area contributed by atoms with Crippen molar-refractivity contribution in [1.82, 2.24) is 5.43 Å². The molecule has 0 spiro atoms. The summed E-state index contributed by atoms with van der Waals surface area (Å²) >= 11 is 0. The van der Waals surface area contributed by atoms with Gasteiger partial charge in [0.1, 0.15) is 17.2 Å². The molecule has 2 N–H and O–H groups in total.